The molecule has 0 atom stereocenters. The fourth-order valence-electron chi connectivity index (χ4n) is 1.05. The van der Waals surface area contributed by atoms with Crippen molar-refractivity contribution >= 4 is 5.97 Å². The second kappa shape index (κ2) is 2.93. The third-order valence-corrected chi connectivity index (χ3v) is 1.64. The molecule has 0 saturated carbocycles. The van der Waals surface area contributed by atoms with Gasteiger partial charge in [-0.2, -0.15) is 0 Å². The van der Waals surface area contributed by atoms with E-state index in [0.29, 0.717) is 24.8 Å². The quantitative estimate of drug-likeness (QED) is 0.685. The van der Waals surface area contributed by atoms with Gasteiger partial charge in [-0.15, -0.1) is 0 Å². The van der Waals surface area contributed by atoms with Crippen LogP contribution in [0.4, 0.5) is 0 Å². The third-order valence-electron chi connectivity index (χ3n) is 1.64. The van der Waals surface area contributed by atoms with Crippen LogP contribution in [0.5, 0.6) is 11.6 Å². The van der Waals surface area contributed by atoms with Crippen molar-refractivity contribution in [1.29, 1.82) is 0 Å². The highest BCUT2D eigenvalue weighted by atomic mass is 16.6. The predicted octanol–water partition coefficient (Wildman–Crippen LogP) is 0.551. The number of carboxylic acid groups (broad SMARTS) is 1. The Morgan fingerprint density at radius 3 is 3.00 bits per heavy atom. The Kier molecular flexibility index (Phi) is 1.77. The van der Waals surface area contributed by atoms with E-state index in [2.05, 4.69) is 4.98 Å². The molecule has 1 aliphatic rings. The maximum atomic E-state index is 10.6. The zero-order valence-electron chi connectivity index (χ0n) is 6.69. The minimum absolute atomic E-state index is 0.101. The molecule has 0 spiro atoms. The van der Waals surface area contributed by atoms with Crippen LogP contribution in [0.25, 0.3) is 0 Å². The van der Waals surface area contributed by atoms with Gasteiger partial charge in [-0.05, 0) is 0 Å². The van der Waals surface area contributed by atoms with Gasteiger partial charge in [0.05, 0.1) is 5.56 Å². The summed E-state index contributed by atoms with van der Waals surface area (Å²) < 4.78 is 10.3. The number of carboxylic acids is 1. The van der Waals surface area contributed by atoms with Gasteiger partial charge in [-0.1, -0.05) is 0 Å². The predicted molar refractivity (Wildman–Crippen MR) is 42.2 cm³/mol. The zero-order chi connectivity index (χ0) is 9.26. The lowest BCUT2D eigenvalue weighted by Gasteiger charge is -2.16. The molecule has 0 fully saturated rings. The van der Waals surface area contributed by atoms with Gasteiger partial charge in [0, 0.05) is 12.3 Å². The van der Waals surface area contributed by atoms with E-state index in [9.17, 15) is 4.79 Å². The molecule has 2 rings (SSSR count). The summed E-state index contributed by atoms with van der Waals surface area (Å²) in [7, 11) is 0. The topological polar surface area (TPSA) is 68.7 Å². The Bertz CT molecular complexity index is 350. The molecule has 0 amide bonds. The Labute approximate surface area is 73.9 Å². The van der Waals surface area contributed by atoms with Gasteiger partial charge in [0.15, 0.2) is 5.75 Å². The molecule has 68 valence electrons. The summed E-state index contributed by atoms with van der Waals surface area (Å²) in [6.07, 6.45) is 1.25. The minimum atomic E-state index is -1.02. The summed E-state index contributed by atoms with van der Waals surface area (Å²) in [5.41, 5.74) is 0.101. The molecule has 0 aromatic carbocycles. The van der Waals surface area contributed by atoms with Gasteiger partial charge in [0.1, 0.15) is 13.2 Å². The van der Waals surface area contributed by atoms with Crippen LogP contribution in [0.15, 0.2) is 12.3 Å². The number of hydrogen-bond donors (Lipinski definition) is 1. The minimum Gasteiger partial charge on any atom is -0.484 e. The van der Waals surface area contributed by atoms with Crippen LogP contribution in [0.3, 0.4) is 0 Å². The fourth-order valence-corrected chi connectivity index (χ4v) is 1.05. The van der Waals surface area contributed by atoms with E-state index >= 15 is 0 Å². The molecule has 0 saturated heterocycles. The lowest BCUT2D eigenvalue weighted by Crippen LogP contribution is -2.16. The van der Waals surface area contributed by atoms with Crippen molar-refractivity contribution in [2.45, 2.75) is 0 Å². The third kappa shape index (κ3) is 1.40. The molecule has 1 aliphatic heterocycles. The van der Waals surface area contributed by atoms with E-state index in [1.165, 1.54) is 12.3 Å². The van der Waals surface area contributed by atoms with Gasteiger partial charge in [-0.3, -0.25) is 0 Å². The van der Waals surface area contributed by atoms with Crippen LogP contribution in [0, 0.1) is 0 Å². The molecule has 1 aromatic heterocycles. The summed E-state index contributed by atoms with van der Waals surface area (Å²) in [6, 6.07) is 1.41. The number of carbonyl (C=O) groups is 1. The van der Waals surface area contributed by atoms with Gasteiger partial charge in [-0.25, -0.2) is 9.78 Å². The number of rotatable bonds is 1. The summed E-state index contributed by atoms with van der Waals surface area (Å²) in [4.78, 5) is 14.4. The maximum absolute atomic E-state index is 10.6. The van der Waals surface area contributed by atoms with Gasteiger partial charge in [0.2, 0.25) is 0 Å². The van der Waals surface area contributed by atoms with Gasteiger partial charge < -0.3 is 14.6 Å². The lowest BCUT2D eigenvalue weighted by atomic mass is 10.3. The summed E-state index contributed by atoms with van der Waals surface area (Å²) >= 11 is 0. The molecule has 0 aliphatic carbocycles. The largest absolute Gasteiger partial charge is 0.484 e. The van der Waals surface area contributed by atoms with Gasteiger partial charge >= 0.3 is 5.97 Å². The number of hydrogen-bond acceptors (Lipinski definition) is 4. The van der Waals surface area contributed by atoms with E-state index in [1.807, 2.05) is 0 Å². The van der Waals surface area contributed by atoms with E-state index in [-0.39, 0.29) is 5.56 Å². The van der Waals surface area contributed by atoms with E-state index in [0.717, 1.165) is 0 Å². The molecule has 2 heterocycles. The number of aromatic nitrogens is 1. The Balaban J connectivity index is 2.40. The molecule has 1 aromatic rings. The molecule has 0 radical (unpaired) electrons. The Morgan fingerprint density at radius 1 is 1.46 bits per heavy atom. The SMILES string of the molecule is O=C(O)c1cnc2c(c1)OCCO2. The van der Waals surface area contributed by atoms with Crippen molar-refractivity contribution in [3.05, 3.63) is 17.8 Å². The van der Waals surface area contributed by atoms with E-state index < -0.39 is 5.97 Å². The van der Waals surface area contributed by atoms with Crippen molar-refractivity contribution in [2.24, 2.45) is 0 Å². The zero-order valence-corrected chi connectivity index (χ0v) is 6.69. The van der Waals surface area contributed by atoms with Crippen LogP contribution >= 0.6 is 0 Å². The van der Waals surface area contributed by atoms with Crippen molar-refractivity contribution in [3.63, 3.8) is 0 Å². The molecule has 0 unspecified atom stereocenters. The van der Waals surface area contributed by atoms with E-state index in [4.69, 9.17) is 14.6 Å². The second-order valence-electron chi connectivity index (χ2n) is 2.53. The van der Waals surface area contributed by atoms with Crippen molar-refractivity contribution < 1.29 is 19.4 Å². The summed E-state index contributed by atoms with van der Waals surface area (Å²) in [5, 5.41) is 8.65. The lowest BCUT2D eigenvalue weighted by molar-refractivity contribution is 0.0695. The maximum Gasteiger partial charge on any atom is 0.337 e. The number of ether oxygens (including phenoxy) is 2. The van der Waals surface area contributed by atoms with Crippen molar-refractivity contribution in [1.82, 2.24) is 4.98 Å². The molecule has 0 bridgehead atoms. The second-order valence-corrected chi connectivity index (χ2v) is 2.53. The van der Waals surface area contributed by atoms with E-state index in [1.54, 1.807) is 0 Å². The highest BCUT2D eigenvalue weighted by Gasteiger charge is 2.15. The number of pyridine rings is 1. The normalized spacial score (nSPS) is 13.8. The molecule has 5 nitrogen and oxygen atoms in total. The van der Waals surface area contributed by atoms with Crippen molar-refractivity contribution in [3.8, 4) is 11.6 Å². The molecule has 5 heteroatoms. The average Bonchev–Trinajstić information content (AvgIpc) is 2.17. The number of aromatic carboxylic acids is 1. The first-order chi connectivity index (χ1) is 6.27. The molecule has 13 heavy (non-hydrogen) atoms. The van der Waals surface area contributed by atoms with Crippen LogP contribution in [-0.4, -0.2) is 29.3 Å². The Hall–Kier alpha value is -1.78. The van der Waals surface area contributed by atoms with Crippen molar-refractivity contribution in [2.75, 3.05) is 13.2 Å². The fraction of sp³-hybridized carbons (Fsp3) is 0.250. The molecular weight excluding hydrogens is 174 g/mol. The smallest absolute Gasteiger partial charge is 0.337 e. The standard InChI is InChI=1S/C8H7NO4/c10-8(11)5-3-6-7(9-4-5)13-2-1-12-6/h3-4H,1-2H2,(H,10,11). The Morgan fingerprint density at radius 2 is 2.23 bits per heavy atom. The van der Waals surface area contributed by atoms with Crippen LogP contribution < -0.4 is 9.47 Å². The summed E-state index contributed by atoms with van der Waals surface area (Å²) in [5.74, 6) is -0.271. The monoisotopic (exact) mass is 181 g/mol. The molecular formula is C8H7NO4. The van der Waals surface area contributed by atoms with Crippen LogP contribution in [0.1, 0.15) is 10.4 Å². The highest BCUT2D eigenvalue weighted by molar-refractivity contribution is 5.87. The average molecular weight is 181 g/mol. The van der Waals surface area contributed by atoms with Crippen LogP contribution in [-0.2, 0) is 0 Å². The number of fused-ring (bicyclic) bond motifs is 1. The number of nitrogens with zero attached hydrogens (tertiary/aromatic N) is 1. The first kappa shape index (κ1) is 7.85. The van der Waals surface area contributed by atoms with Crippen LogP contribution in [0.2, 0.25) is 0 Å². The first-order valence-electron chi connectivity index (χ1n) is 3.76. The first-order valence-corrected chi connectivity index (χ1v) is 3.76. The highest BCUT2D eigenvalue weighted by Crippen LogP contribution is 2.27. The van der Waals surface area contributed by atoms with Gasteiger partial charge in [0.25, 0.3) is 5.88 Å². The summed E-state index contributed by atoms with van der Waals surface area (Å²) in [6.45, 7) is 0.879. The molecule has 1 N–H and O–H groups in total.